The number of rotatable bonds is 2. The topological polar surface area (TPSA) is 50.8 Å². The summed E-state index contributed by atoms with van der Waals surface area (Å²) in [5.74, 6) is 1.61. The van der Waals surface area contributed by atoms with Gasteiger partial charge in [0.25, 0.3) is 0 Å². The van der Waals surface area contributed by atoms with E-state index in [-0.39, 0.29) is 0 Å². The zero-order valence-corrected chi connectivity index (χ0v) is 11.7. The predicted octanol–water partition coefficient (Wildman–Crippen LogP) is 2.58. The number of para-hydroxylation sites is 2. The third-order valence-electron chi connectivity index (χ3n) is 4.07. The van der Waals surface area contributed by atoms with Crippen LogP contribution in [0.5, 0.6) is 5.75 Å². The Hall–Kier alpha value is -2.49. The molecule has 2 aliphatic heterocycles. The summed E-state index contributed by atoms with van der Waals surface area (Å²) in [5.41, 5.74) is 10.8. The molecule has 0 bridgehead atoms. The lowest BCUT2D eigenvalue weighted by Gasteiger charge is -2.28. The molecular formula is C17H17N3O. The van der Waals surface area contributed by atoms with Crippen LogP contribution in [0.1, 0.15) is 16.7 Å². The first kappa shape index (κ1) is 12.3. The molecule has 2 aromatic rings. The van der Waals surface area contributed by atoms with Gasteiger partial charge in [-0.3, -0.25) is 0 Å². The van der Waals surface area contributed by atoms with Gasteiger partial charge in [0.2, 0.25) is 0 Å². The van der Waals surface area contributed by atoms with Gasteiger partial charge in [-0.25, -0.2) is 4.99 Å². The van der Waals surface area contributed by atoms with Gasteiger partial charge < -0.3 is 15.4 Å². The molecule has 4 rings (SSSR count). The van der Waals surface area contributed by atoms with Crippen LogP contribution in [0.4, 0.5) is 5.69 Å². The van der Waals surface area contributed by atoms with E-state index in [9.17, 15) is 0 Å². The van der Waals surface area contributed by atoms with E-state index in [1.807, 2.05) is 18.2 Å². The number of benzene rings is 2. The van der Waals surface area contributed by atoms with Crippen LogP contribution in [0.3, 0.4) is 0 Å². The fourth-order valence-electron chi connectivity index (χ4n) is 2.98. The highest BCUT2D eigenvalue weighted by Crippen LogP contribution is 2.32. The maximum atomic E-state index is 6.12. The first-order valence-corrected chi connectivity index (χ1v) is 7.22. The Morgan fingerprint density at radius 2 is 1.95 bits per heavy atom. The number of aliphatic imine (C=N–C) groups is 1. The number of fused-ring (bicyclic) bond motifs is 2. The number of nitrogens with zero attached hydrogens (tertiary/aromatic N) is 2. The number of hydrogen-bond donors (Lipinski definition) is 1. The summed E-state index contributed by atoms with van der Waals surface area (Å²) in [5, 5.41) is 0. The average Bonchev–Trinajstić information content (AvgIpc) is 2.97. The lowest BCUT2D eigenvalue weighted by atomic mass is 10.1. The molecule has 0 fully saturated rings. The fourth-order valence-corrected chi connectivity index (χ4v) is 2.98. The number of guanidine groups is 1. The molecule has 2 aliphatic rings. The normalized spacial score (nSPS) is 16.0. The molecular weight excluding hydrogens is 262 g/mol. The Morgan fingerprint density at radius 1 is 1.10 bits per heavy atom. The minimum Gasteiger partial charge on any atom is -0.493 e. The Balaban J connectivity index is 1.63. The van der Waals surface area contributed by atoms with Gasteiger partial charge in [-0.05, 0) is 17.2 Å². The number of ether oxygens (including phenoxy) is 1. The van der Waals surface area contributed by atoms with Crippen molar-refractivity contribution in [1.29, 1.82) is 0 Å². The van der Waals surface area contributed by atoms with Crippen molar-refractivity contribution in [3.63, 3.8) is 0 Å². The van der Waals surface area contributed by atoms with Crippen LogP contribution in [0.15, 0.2) is 47.5 Å². The molecule has 0 unspecified atom stereocenters. The minimum absolute atomic E-state index is 0.573. The summed E-state index contributed by atoms with van der Waals surface area (Å²) in [6.07, 6.45) is 0.996. The van der Waals surface area contributed by atoms with E-state index in [0.717, 1.165) is 37.6 Å². The molecule has 4 nitrogen and oxygen atoms in total. The van der Waals surface area contributed by atoms with Gasteiger partial charge in [0.1, 0.15) is 5.75 Å². The smallest absolute Gasteiger partial charge is 0.197 e. The Kier molecular flexibility index (Phi) is 2.81. The second-order valence-corrected chi connectivity index (χ2v) is 5.46. The van der Waals surface area contributed by atoms with Crippen LogP contribution in [0.25, 0.3) is 0 Å². The van der Waals surface area contributed by atoms with Gasteiger partial charge in [-0.2, -0.15) is 0 Å². The summed E-state index contributed by atoms with van der Waals surface area (Å²) in [6.45, 7) is 2.29. The van der Waals surface area contributed by atoms with Crippen LogP contribution in [-0.2, 0) is 19.5 Å². The second-order valence-electron chi connectivity index (χ2n) is 5.46. The van der Waals surface area contributed by atoms with E-state index in [0.29, 0.717) is 5.96 Å². The van der Waals surface area contributed by atoms with Gasteiger partial charge in [0.05, 0.1) is 12.3 Å². The molecule has 2 aromatic carbocycles. The van der Waals surface area contributed by atoms with Crippen molar-refractivity contribution in [1.82, 2.24) is 4.90 Å². The van der Waals surface area contributed by atoms with Crippen LogP contribution in [-0.4, -0.2) is 17.5 Å². The molecule has 21 heavy (non-hydrogen) atoms. The molecule has 2 heterocycles. The van der Waals surface area contributed by atoms with Crippen molar-refractivity contribution in [2.24, 2.45) is 10.7 Å². The van der Waals surface area contributed by atoms with Gasteiger partial charge in [-0.15, -0.1) is 0 Å². The van der Waals surface area contributed by atoms with E-state index in [2.05, 4.69) is 34.2 Å². The van der Waals surface area contributed by atoms with Crippen LogP contribution >= 0.6 is 0 Å². The van der Waals surface area contributed by atoms with E-state index >= 15 is 0 Å². The van der Waals surface area contributed by atoms with Crippen LogP contribution < -0.4 is 10.5 Å². The molecule has 0 aliphatic carbocycles. The molecule has 0 spiro atoms. The van der Waals surface area contributed by atoms with Crippen LogP contribution in [0, 0.1) is 0 Å². The fraction of sp³-hybridized carbons (Fsp3) is 0.235. The van der Waals surface area contributed by atoms with E-state index in [4.69, 9.17) is 10.5 Å². The monoisotopic (exact) mass is 279 g/mol. The molecule has 106 valence electrons. The Morgan fingerprint density at radius 3 is 2.90 bits per heavy atom. The standard InChI is InChI=1S/C17H17N3O/c18-17-19-15-7-2-1-4-13(15)10-20(17)11-14-6-3-5-12-8-9-21-16(12)14/h1-7H,8-11H2,(H2,18,19). The first-order chi connectivity index (χ1) is 10.3. The quantitative estimate of drug-likeness (QED) is 0.919. The molecule has 0 saturated heterocycles. The molecule has 0 saturated carbocycles. The van der Waals surface area contributed by atoms with E-state index in [1.165, 1.54) is 16.7 Å². The summed E-state index contributed by atoms with van der Waals surface area (Å²) in [7, 11) is 0. The molecule has 2 N–H and O–H groups in total. The molecule has 0 atom stereocenters. The van der Waals surface area contributed by atoms with E-state index < -0.39 is 0 Å². The highest BCUT2D eigenvalue weighted by Gasteiger charge is 2.21. The second kappa shape index (κ2) is 4.81. The van der Waals surface area contributed by atoms with E-state index in [1.54, 1.807) is 0 Å². The maximum Gasteiger partial charge on any atom is 0.197 e. The number of nitrogens with two attached hydrogens (primary N) is 1. The lowest BCUT2D eigenvalue weighted by Crippen LogP contribution is -2.38. The molecule has 0 aromatic heterocycles. The van der Waals surface area contributed by atoms with Gasteiger partial charge in [0.15, 0.2) is 5.96 Å². The van der Waals surface area contributed by atoms with Crippen molar-refractivity contribution in [3.05, 3.63) is 59.2 Å². The lowest BCUT2D eigenvalue weighted by molar-refractivity contribution is 0.340. The third-order valence-corrected chi connectivity index (χ3v) is 4.07. The van der Waals surface area contributed by atoms with Gasteiger partial charge in [-0.1, -0.05) is 36.4 Å². The molecule has 0 radical (unpaired) electrons. The summed E-state index contributed by atoms with van der Waals surface area (Å²) < 4.78 is 5.77. The highest BCUT2D eigenvalue weighted by atomic mass is 16.5. The van der Waals surface area contributed by atoms with Gasteiger partial charge in [0, 0.05) is 25.1 Å². The van der Waals surface area contributed by atoms with Crippen molar-refractivity contribution in [2.45, 2.75) is 19.5 Å². The highest BCUT2D eigenvalue weighted by molar-refractivity contribution is 5.83. The van der Waals surface area contributed by atoms with Crippen molar-refractivity contribution < 1.29 is 4.74 Å². The number of hydrogen-bond acceptors (Lipinski definition) is 4. The third kappa shape index (κ3) is 2.13. The Labute approximate surface area is 123 Å². The zero-order valence-electron chi connectivity index (χ0n) is 11.7. The molecule has 0 amide bonds. The first-order valence-electron chi connectivity index (χ1n) is 7.22. The van der Waals surface area contributed by atoms with Crippen molar-refractivity contribution in [3.8, 4) is 5.75 Å². The minimum atomic E-state index is 0.573. The maximum absolute atomic E-state index is 6.12. The summed E-state index contributed by atoms with van der Waals surface area (Å²) in [6, 6.07) is 14.5. The molecule has 4 heteroatoms. The average molecular weight is 279 g/mol. The summed E-state index contributed by atoms with van der Waals surface area (Å²) in [4.78, 5) is 6.59. The SMILES string of the molecule is NC1=Nc2ccccc2CN1Cc1cccc2c1OCC2. The van der Waals surface area contributed by atoms with Crippen LogP contribution in [0.2, 0.25) is 0 Å². The zero-order chi connectivity index (χ0) is 14.2. The Bertz CT molecular complexity index is 724. The predicted molar refractivity (Wildman–Crippen MR) is 82.6 cm³/mol. The van der Waals surface area contributed by atoms with Gasteiger partial charge >= 0.3 is 0 Å². The summed E-state index contributed by atoms with van der Waals surface area (Å²) >= 11 is 0. The van der Waals surface area contributed by atoms with Crippen molar-refractivity contribution in [2.75, 3.05) is 6.61 Å². The largest absolute Gasteiger partial charge is 0.493 e. The van der Waals surface area contributed by atoms with Crippen molar-refractivity contribution >= 4 is 11.6 Å².